The Labute approximate surface area is 103 Å². The largest absolute Gasteiger partial charge is 0.378 e. The van der Waals surface area contributed by atoms with Gasteiger partial charge in [-0.1, -0.05) is 0 Å². The van der Waals surface area contributed by atoms with Crippen LogP contribution in [0.5, 0.6) is 0 Å². The van der Waals surface area contributed by atoms with Gasteiger partial charge >= 0.3 is 0 Å². The molecule has 98 valence electrons. The molecule has 2 rings (SSSR count). The first-order valence-electron chi connectivity index (χ1n) is 6.80. The van der Waals surface area contributed by atoms with E-state index in [1.807, 2.05) is 13.8 Å². The van der Waals surface area contributed by atoms with Gasteiger partial charge in [-0.25, -0.2) is 0 Å². The van der Waals surface area contributed by atoms with E-state index in [9.17, 15) is 4.79 Å². The number of amides is 1. The first-order valence-corrected chi connectivity index (χ1v) is 6.80. The maximum absolute atomic E-state index is 11.7. The Morgan fingerprint density at radius 2 is 2.00 bits per heavy atom. The van der Waals surface area contributed by atoms with Crippen LogP contribution in [0.25, 0.3) is 0 Å². The lowest BCUT2D eigenvalue weighted by atomic mass is 10.00. The van der Waals surface area contributed by atoms with Crippen molar-refractivity contribution in [1.29, 1.82) is 0 Å². The van der Waals surface area contributed by atoms with Crippen molar-refractivity contribution in [2.45, 2.75) is 70.2 Å². The maximum Gasteiger partial charge on any atom is 0.222 e. The molecule has 2 unspecified atom stereocenters. The molecule has 0 aliphatic carbocycles. The molecular weight excluding hydrogens is 216 g/mol. The predicted octanol–water partition coefficient (Wildman–Crippen LogP) is 1.20. The molecule has 1 amide bonds. The van der Waals surface area contributed by atoms with Gasteiger partial charge in [-0.3, -0.25) is 4.79 Å². The molecule has 4 nitrogen and oxygen atoms in total. The van der Waals surface area contributed by atoms with Gasteiger partial charge in [-0.05, 0) is 39.5 Å². The molecule has 0 spiro atoms. The van der Waals surface area contributed by atoms with Gasteiger partial charge in [0.25, 0.3) is 0 Å². The van der Waals surface area contributed by atoms with Crippen molar-refractivity contribution in [3.8, 4) is 0 Å². The topological polar surface area (TPSA) is 50.4 Å². The van der Waals surface area contributed by atoms with E-state index in [0.29, 0.717) is 31.2 Å². The van der Waals surface area contributed by atoms with E-state index < -0.39 is 0 Å². The van der Waals surface area contributed by atoms with E-state index in [0.717, 1.165) is 12.8 Å². The molecule has 0 radical (unpaired) electrons. The number of piperidine rings is 1. The molecule has 2 saturated heterocycles. The van der Waals surface area contributed by atoms with Crippen LogP contribution in [-0.2, 0) is 9.53 Å². The summed E-state index contributed by atoms with van der Waals surface area (Å²) in [6, 6.07) is 1.64. The van der Waals surface area contributed by atoms with Crippen molar-refractivity contribution >= 4 is 5.91 Å². The Balaban J connectivity index is 1.65. The first-order chi connectivity index (χ1) is 8.13. The Kier molecular flexibility index (Phi) is 4.40. The summed E-state index contributed by atoms with van der Waals surface area (Å²) in [5.41, 5.74) is 0. The van der Waals surface area contributed by atoms with Gasteiger partial charge in [0, 0.05) is 24.5 Å². The van der Waals surface area contributed by atoms with Gasteiger partial charge in [0.15, 0.2) is 0 Å². The molecule has 0 saturated carbocycles. The van der Waals surface area contributed by atoms with Crippen LogP contribution in [-0.4, -0.2) is 36.7 Å². The van der Waals surface area contributed by atoms with Crippen molar-refractivity contribution in [1.82, 2.24) is 10.6 Å². The lowest BCUT2D eigenvalue weighted by molar-refractivity contribution is -0.123. The summed E-state index contributed by atoms with van der Waals surface area (Å²) in [4.78, 5) is 11.7. The van der Waals surface area contributed by atoms with Crippen LogP contribution in [0.2, 0.25) is 0 Å². The molecule has 4 heteroatoms. The minimum absolute atomic E-state index is 0.136. The number of hydrogen-bond donors (Lipinski definition) is 2. The van der Waals surface area contributed by atoms with Crippen molar-refractivity contribution in [2.75, 3.05) is 6.61 Å². The highest BCUT2D eigenvalue weighted by Crippen LogP contribution is 2.26. The highest BCUT2D eigenvalue weighted by molar-refractivity contribution is 5.76. The average molecular weight is 240 g/mol. The second-order valence-corrected chi connectivity index (χ2v) is 5.54. The van der Waals surface area contributed by atoms with E-state index in [1.165, 1.54) is 12.8 Å². The number of fused-ring (bicyclic) bond motifs is 2. The Morgan fingerprint density at radius 3 is 2.59 bits per heavy atom. The fourth-order valence-electron chi connectivity index (χ4n) is 2.86. The molecular formula is C13H24N2O2. The molecule has 0 aromatic carbocycles. The van der Waals surface area contributed by atoms with E-state index in [1.54, 1.807) is 0 Å². The number of rotatable bonds is 5. The Morgan fingerprint density at radius 1 is 1.35 bits per heavy atom. The summed E-state index contributed by atoms with van der Waals surface area (Å²) in [6.07, 6.45) is 5.41. The van der Waals surface area contributed by atoms with Gasteiger partial charge in [-0.2, -0.15) is 0 Å². The molecule has 2 heterocycles. The van der Waals surface area contributed by atoms with Crippen molar-refractivity contribution in [3.63, 3.8) is 0 Å². The molecule has 0 aromatic heterocycles. The van der Waals surface area contributed by atoms with Gasteiger partial charge < -0.3 is 15.4 Å². The average Bonchev–Trinajstić information content (AvgIpc) is 2.57. The second-order valence-electron chi connectivity index (χ2n) is 5.54. The zero-order valence-corrected chi connectivity index (χ0v) is 10.9. The molecule has 2 fully saturated rings. The minimum atomic E-state index is 0.136. The summed E-state index contributed by atoms with van der Waals surface area (Å²) >= 11 is 0. The summed E-state index contributed by atoms with van der Waals surface area (Å²) in [6.45, 7) is 4.51. The first kappa shape index (κ1) is 12.8. The number of hydrogen-bond acceptors (Lipinski definition) is 3. The van der Waals surface area contributed by atoms with E-state index in [4.69, 9.17) is 4.74 Å². The third kappa shape index (κ3) is 3.96. The second kappa shape index (κ2) is 5.83. The molecule has 2 aliphatic heterocycles. The number of ether oxygens (including phenoxy) is 1. The quantitative estimate of drug-likeness (QED) is 0.759. The van der Waals surface area contributed by atoms with Gasteiger partial charge in [0.1, 0.15) is 0 Å². The number of nitrogens with one attached hydrogen (secondary N) is 2. The molecule has 2 N–H and O–H groups in total. The highest BCUT2D eigenvalue weighted by atomic mass is 16.5. The lowest BCUT2D eigenvalue weighted by Crippen LogP contribution is -2.48. The van der Waals surface area contributed by atoms with Crippen LogP contribution < -0.4 is 10.6 Å². The van der Waals surface area contributed by atoms with Crippen LogP contribution in [0, 0.1) is 0 Å². The van der Waals surface area contributed by atoms with Crippen molar-refractivity contribution < 1.29 is 9.53 Å². The highest BCUT2D eigenvalue weighted by Gasteiger charge is 2.33. The van der Waals surface area contributed by atoms with E-state index in [2.05, 4.69) is 10.6 Å². The summed E-state index contributed by atoms with van der Waals surface area (Å²) in [5, 5.41) is 6.71. The third-order valence-corrected chi connectivity index (χ3v) is 3.62. The lowest BCUT2D eigenvalue weighted by Gasteiger charge is -2.29. The summed E-state index contributed by atoms with van der Waals surface area (Å²) in [5.74, 6) is 0.136. The molecule has 2 bridgehead atoms. The molecule has 2 aliphatic rings. The Hall–Kier alpha value is -0.610. The van der Waals surface area contributed by atoms with Gasteiger partial charge in [0.2, 0.25) is 5.91 Å². The third-order valence-electron chi connectivity index (χ3n) is 3.62. The maximum atomic E-state index is 11.7. The predicted molar refractivity (Wildman–Crippen MR) is 66.8 cm³/mol. The van der Waals surface area contributed by atoms with Crippen molar-refractivity contribution in [3.05, 3.63) is 0 Å². The smallest absolute Gasteiger partial charge is 0.222 e. The fraction of sp³-hybridized carbons (Fsp3) is 0.923. The minimum Gasteiger partial charge on any atom is -0.378 e. The summed E-state index contributed by atoms with van der Waals surface area (Å²) < 4.78 is 5.38. The van der Waals surface area contributed by atoms with E-state index >= 15 is 0 Å². The van der Waals surface area contributed by atoms with Crippen LogP contribution in [0.1, 0.15) is 46.0 Å². The monoisotopic (exact) mass is 240 g/mol. The SMILES string of the molecule is CC(C)OCCC(=O)NC1CC2CCC(C1)N2. The number of carbonyl (C=O) groups excluding carboxylic acids is 1. The van der Waals surface area contributed by atoms with Crippen LogP contribution >= 0.6 is 0 Å². The van der Waals surface area contributed by atoms with Crippen LogP contribution in [0.3, 0.4) is 0 Å². The zero-order valence-electron chi connectivity index (χ0n) is 10.9. The van der Waals surface area contributed by atoms with Crippen LogP contribution in [0.15, 0.2) is 0 Å². The zero-order chi connectivity index (χ0) is 12.3. The standard InChI is InChI=1S/C13H24N2O2/c1-9(2)17-6-5-13(16)15-12-7-10-3-4-11(8-12)14-10/h9-12,14H,3-8H2,1-2H3,(H,15,16). The molecule has 17 heavy (non-hydrogen) atoms. The van der Waals surface area contributed by atoms with E-state index in [-0.39, 0.29) is 12.0 Å². The Bertz CT molecular complexity index is 256. The molecule has 0 aromatic rings. The number of carbonyl (C=O) groups is 1. The molecule has 2 atom stereocenters. The summed E-state index contributed by atoms with van der Waals surface area (Å²) in [7, 11) is 0. The van der Waals surface area contributed by atoms with Crippen LogP contribution in [0.4, 0.5) is 0 Å². The van der Waals surface area contributed by atoms with Gasteiger partial charge in [-0.15, -0.1) is 0 Å². The van der Waals surface area contributed by atoms with Crippen molar-refractivity contribution in [2.24, 2.45) is 0 Å². The fourth-order valence-corrected chi connectivity index (χ4v) is 2.86. The van der Waals surface area contributed by atoms with Gasteiger partial charge in [0.05, 0.1) is 12.7 Å². The normalized spacial score (nSPS) is 31.8.